The molecule has 0 N–H and O–H groups in total. The molecule has 2 aromatic carbocycles. The van der Waals surface area contributed by atoms with Gasteiger partial charge in [0.1, 0.15) is 18.0 Å². The fourth-order valence-electron chi connectivity index (χ4n) is 2.81. The maximum absolute atomic E-state index is 5.93. The van der Waals surface area contributed by atoms with E-state index < -0.39 is 0 Å². The quantitative estimate of drug-likeness (QED) is 0.658. The summed E-state index contributed by atoms with van der Waals surface area (Å²) in [6.07, 6.45) is 0. The summed E-state index contributed by atoms with van der Waals surface area (Å²) in [6, 6.07) is 14.7. The molecule has 18 heavy (non-hydrogen) atoms. The largest absolute Gasteiger partial charge is 0.488 e. The summed E-state index contributed by atoms with van der Waals surface area (Å²) in [7, 11) is 0. The van der Waals surface area contributed by atoms with Gasteiger partial charge in [-0.15, -0.1) is 0 Å². The van der Waals surface area contributed by atoms with Crippen molar-refractivity contribution in [1.29, 1.82) is 0 Å². The van der Waals surface area contributed by atoms with E-state index in [1.165, 1.54) is 22.3 Å². The van der Waals surface area contributed by atoms with Crippen LogP contribution in [0.2, 0.25) is 0 Å². The minimum absolute atomic E-state index is 0.256. The first-order chi connectivity index (χ1) is 8.79. The molecule has 4 rings (SSSR count). The Balaban J connectivity index is 2.00. The molecule has 0 amide bonds. The minimum Gasteiger partial charge on any atom is -0.488 e. The van der Waals surface area contributed by atoms with Crippen molar-refractivity contribution in [2.75, 3.05) is 6.61 Å². The van der Waals surface area contributed by atoms with Gasteiger partial charge in [0.15, 0.2) is 0 Å². The first-order valence-corrected chi connectivity index (χ1v) is 6.26. The summed E-state index contributed by atoms with van der Waals surface area (Å²) < 4.78 is 11.8. The Bertz CT molecular complexity index is 627. The molecule has 1 fully saturated rings. The highest BCUT2D eigenvalue weighted by molar-refractivity contribution is 5.53. The van der Waals surface area contributed by atoms with Gasteiger partial charge in [0, 0.05) is 5.56 Å². The zero-order chi connectivity index (χ0) is 12.2. The Labute approximate surface area is 106 Å². The van der Waals surface area contributed by atoms with Crippen LogP contribution < -0.4 is 4.74 Å². The van der Waals surface area contributed by atoms with Crippen LogP contribution in [0.4, 0.5) is 0 Å². The van der Waals surface area contributed by atoms with Crippen molar-refractivity contribution < 1.29 is 9.47 Å². The first kappa shape index (κ1) is 10.2. The molecule has 0 radical (unpaired) electrons. The number of aryl methyl sites for hydroxylation is 1. The number of benzene rings is 2. The molecule has 2 aliphatic heterocycles. The third kappa shape index (κ3) is 1.27. The van der Waals surface area contributed by atoms with E-state index in [-0.39, 0.29) is 5.60 Å². The molecular weight excluding hydrogens is 224 g/mol. The van der Waals surface area contributed by atoms with Crippen molar-refractivity contribution in [1.82, 2.24) is 0 Å². The van der Waals surface area contributed by atoms with Gasteiger partial charge in [-0.25, -0.2) is 0 Å². The van der Waals surface area contributed by atoms with Crippen molar-refractivity contribution in [3.8, 4) is 5.75 Å². The van der Waals surface area contributed by atoms with Crippen LogP contribution in [0.5, 0.6) is 5.75 Å². The monoisotopic (exact) mass is 238 g/mol. The lowest BCUT2D eigenvalue weighted by molar-refractivity contribution is 0.303. The summed E-state index contributed by atoms with van der Waals surface area (Å²) in [5, 5.41) is 0. The van der Waals surface area contributed by atoms with E-state index in [4.69, 9.17) is 9.47 Å². The molecule has 1 unspecified atom stereocenters. The highest BCUT2D eigenvalue weighted by Gasteiger charge is 2.52. The molecule has 0 aliphatic carbocycles. The van der Waals surface area contributed by atoms with E-state index in [1.807, 2.05) is 0 Å². The maximum atomic E-state index is 5.93. The molecule has 2 aromatic rings. The zero-order valence-corrected chi connectivity index (χ0v) is 10.3. The van der Waals surface area contributed by atoms with Crippen LogP contribution in [-0.4, -0.2) is 6.61 Å². The number of hydrogen-bond donors (Lipinski definition) is 0. The third-order valence-corrected chi connectivity index (χ3v) is 3.84. The van der Waals surface area contributed by atoms with Gasteiger partial charge in [0.05, 0.1) is 6.61 Å². The molecule has 2 nitrogen and oxygen atoms in total. The Kier molecular flexibility index (Phi) is 1.90. The molecule has 2 heteroatoms. The molecule has 1 spiro atoms. The van der Waals surface area contributed by atoms with Crippen LogP contribution in [0.1, 0.15) is 22.3 Å². The molecule has 0 bridgehead atoms. The highest BCUT2D eigenvalue weighted by Crippen LogP contribution is 2.51. The second-order valence-electron chi connectivity index (χ2n) is 5.06. The summed E-state index contributed by atoms with van der Waals surface area (Å²) in [6.45, 7) is 3.48. The SMILES string of the molecule is Cc1ccc2c(c1)C1(CO1)c1ccccc1CO2. The average molecular weight is 238 g/mol. The van der Waals surface area contributed by atoms with Crippen molar-refractivity contribution in [3.05, 3.63) is 64.7 Å². The van der Waals surface area contributed by atoms with Gasteiger partial charge in [-0.2, -0.15) is 0 Å². The van der Waals surface area contributed by atoms with Gasteiger partial charge >= 0.3 is 0 Å². The van der Waals surface area contributed by atoms with Crippen LogP contribution in [-0.2, 0) is 16.9 Å². The van der Waals surface area contributed by atoms with E-state index in [2.05, 4.69) is 49.4 Å². The Morgan fingerprint density at radius 2 is 1.89 bits per heavy atom. The lowest BCUT2D eigenvalue weighted by Crippen LogP contribution is -2.11. The average Bonchev–Trinajstić information content (AvgIpc) is 3.20. The van der Waals surface area contributed by atoms with E-state index in [0.717, 1.165) is 12.4 Å². The maximum Gasteiger partial charge on any atom is 0.145 e. The fourth-order valence-corrected chi connectivity index (χ4v) is 2.81. The van der Waals surface area contributed by atoms with E-state index in [1.54, 1.807) is 0 Å². The summed E-state index contributed by atoms with van der Waals surface area (Å²) in [4.78, 5) is 0. The van der Waals surface area contributed by atoms with Crippen LogP contribution in [0.25, 0.3) is 0 Å². The zero-order valence-electron chi connectivity index (χ0n) is 10.3. The molecule has 1 saturated heterocycles. The van der Waals surface area contributed by atoms with Crippen molar-refractivity contribution in [2.45, 2.75) is 19.1 Å². The second kappa shape index (κ2) is 3.36. The Morgan fingerprint density at radius 3 is 2.72 bits per heavy atom. The Hall–Kier alpha value is -1.80. The summed E-state index contributed by atoms with van der Waals surface area (Å²) in [5.41, 5.74) is 4.64. The molecule has 0 saturated carbocycles. The van der Waals surface area contributed by atoms with E-state index >= 15 is 0 Å². The van der Waals surface area contributed by atoms with Gasteiger partial charge in [-0.1, -0.05) is 35.9 Å². The van der Waals surface area contributed by atoms with Crippen LogP contribution in [0, 0.1) is 6.92 Å². The fraction of sp³-hybridized carbons (Fsp3) is 0.250. The van der Waals surface area contributed by atoms with Crippen LogP contribution >= 0.6 is 0 Å². The van der Waals surface area contributed by atoms with Crippen molar-refractivity contribution >= 4 is 0 Å². The molecule has 2 heterocycles. The van der Waals surface area contributed by atoms with E-state index in [0.29, 0.717) is 6.61 Å². The molecular formula is C16H14O2. The predicted octanol–water partition coefficient (Wildman–Crippen LogP) is 3.16. The number of epoxide rings is 1. The third-order valence-electron chi connectivity index (χ3n) is 3.84. The smallest absolute Gasteiger partial charge is 0.145 e. The van der Waals surface area contributed by atoms with Crippen molar-refractivity contribution in [2.24, 2.45) is 0 Å². The summed E-state index contributed by atoms with van der Waals surface area (Å²) >= 11 is 0. The van der Waals surface area contributed by atoms with Gasteiger partial charge in [0.25, 0.3) is 0 Å². The first-order valence-electron chi connectivity index (χ1n) is 6.26. The van der Waals surface area contributed by atoms with Crippen molar-refractivity contribution in [3.63, 3.8) is 0 Å². The van der Waals surface area contributed by atoms with Gasteiger partial charge < -0.3 is 9.47 Å². The molecule has 90 valence electrons. The highest BCUT2D eigenvalue weighted by atomic mass is 16.6. The number of ether oxygens (including phenoxy) is 2. The number of fused-ring (bicyclic) bond motifs is 4. The van der Waals surface area contributed by atoms with Gasteiger partial charge in [-0.3, -0.25) is 0 Å². The lowest BCUT2D eigenvalue weighted by atomic mass is 9.88. The van der Waals surface area contributed by atoms with Gasteiger partial charge in [-0.05, 0) is 30.2 Å². The molecule has 1 atom stereocenters. The standard InChI is InChI=1S/C16H14O2/c1-11-6-7-15-14(8-11)16(10-18-16)13-5-3-2-4-12(13)9-17-15/h2-8H,9-10H2,1H3. The Morgan fingerprint density at radius 1 is 1.06 bits per heavy atom. The number of hydrogen-bond acceptors (Lipinski definition) is 2. The minimum atomic E-state index is -0.256. The molecule has 0 aromatic heterocycles. The number of rotatable bonds is 0. The van der Waals surface area contributed by atoms with Crippen LogP contribution in [0.15, 0.2) is 42.5 Å². The van der Waals surface area contributed by atoms with E-state index in [9.17, 15) is 0 Å². The topological polar surface area (TPSA) is 21.8 Å². The molecule has 2 aliphatic rings. The van der Waals surface area contributed by atoms with Crippen LogP contribution in [0.3, 0.4) is 0 Å². The second-order valence-corrected chi connectivity index (χ2v) is 5.06. The van der Waals surface area contributed by atoms with Gasteiger partial charge in [0.2, 0.25) is 0 Å². The predicted molar refractivity (Wildman–Crippen MR) is 68.7 cm³/mol. The summed E-state index contributed by atoms with van der Waals surface area (Å²) in [5.74, 6) is 0.953. The normalized spacial score (nSPS) is 23.8. The lowest BCUT2D eigenvalue weighted by Gasteiger charge is -2.14.